The lowest BCUT2D eigenvalue weighted by molar-refractivity contribution is -0.386. The highest BCUT2D eigenvalue weighted by Crippen LogP contribution is 2.27. The van der Waals surface area contributed by atoms with Gasteiger partial charge in [-0.2, -0.15) is 0 Å². The van der Waals surface area contributed by atoms with Crippen molar-refractivity contribution < 1.29 is 4.92 Å². The van der Waals surface area contributed by atoms with Gasteiger partial charge in [-0.15, -0.1) is 0 Å². The Kier molecular flexibility index (Phi) is 3.00. The maximum atomic E-state index is 10.6. The van der Waals surface area contributed by atoms with Crippen molar-refractivity contribution in [1.29, 1.82) is 0 Å². The van der Waals surface area contributed by atoms with E-state index in [1.54, 1.807) is 19.1 Å². The summed E-state index contributed by atoms with van der Waals surface area (Å²) in [4.78, 5) is 10.2. The SMILES string of the molecule is Cc1cc(Br)cc(CN)c1[N+](=O)[O-]. The van der Waals surface area contributed by atoms with Crippen LogP contribution in [-0.4, -0.2) is 4.92 Å². The minimum atomic E-state index is -0.399. The molecule has 0 fully saturated rings. The summed E-state index contributed by atoms with van der Waals surface area (Å²) >= 11 is 3.26. The summed E-state index contributed by atoms with van der Waals surface area (Å²) in [6.07, 6.45) is 0. The Morgan fingerprint density at radius 2 is 2.23 bits per heavy atom. The maximum absolute atomic E-state index is 10.6. The van der Waals surface area contributed by atoms with Gasteiger partial charge in [0.05, 0.1) is 4.92 Å². The average molecular weight is 245 g/mol. The molecule has 0 aromatic heterocycles. The molecule has 0 saturated carbocycles. The van der Waals surface area contributed by atoms with E-state index >= 15 is 0 Å². The number of hydrogen-bond acceptors (Lipinski definition) is 3. The van der Waals surface area contributed by atoms with E-state index in [1.165, 1.54) is 0 Å². The Morgan fingerprint density at radius 1 is 1.62 bits per heavy atom. The number of nitrogens with zero attached hydrogens (tertiary/aromatic N) is 1. The van der Waals surface area contributed by atoms with Crippen molar-refractivity contribution in [3.8, 4) is 0 Å². The molecule has 70 valence electrons. The summed E-state index contributed by atoms with van der Waals surface area (Å²) in [5.41, 5.74) is 6.69. The van der Waals surface area contributed by atoms with Crippen molar-refractivity contribution in [2.24, 2.45) is 5.73 Å². The highest BCUT2D eigenvalue weighted by Gasteiger charge is 2.16. The Morgan fingerprint density at radius 3 is 2.69 bits per heavy atom. The number of hydrogen-bond donors (Lipinski definition) is 1. The van der Waals surface area contributed by atoms with Crippen molar-refractivity contribution in [3.05, 3.63) is 37.8 Å². The van der Waals surface area contributed by atoms with Crippen LogP contribution in [0.3, 0.4) is 0 Å². The number of nitrogens with two attached hydrogens (primary N) is 1. The van der Waals surface area contributed by atoms with Crippen LogP contribution in [0.2, 0.25) is 0 Å². The van der Waals surface area contributed by atoms with E-state index in [1.807, 2.05) is 0 Å². The molecule has 0 atom stereocenters. The molecule has 1 rings (SSSR count). The third-order valence-electron chi connectivity index (χ3n) is 1.75. The van der Waals surface area contributed by atoms with Gasteiger partial charge in [-0.05, 0) is 19.1 Å². The van der Waals surface area contributed by atoms with Crippen LogP contribution < -0.4 is 5.73 Å². The number of nitro groups is 1. The summed E-state index contributed by atoms with van der Waals surface area (Å²) in [7, 11) is 0. The fourth-order valence-electron chi connectivity index (χ4n) is 1.22. The highest BCUT2D eigenvalue weighted by atomic mass is 79.9. The molecule has 0 radical (unpaired) electrons. The first kappa shape index (κ1) is 10.1. The smallest absolute Gasteiger partial charge is 0.276 e. The quantitative estimate of drug-likeness (QED) is 0.640. The Hall–Kier alpha value is -0.940. The summed E-state index contributed by atoms with van der Waals surface area (Å²) in [5.74, 6) is 0. The van der Waals surface area contributed by atoms with E-state index in [4.69, 9.17) is 5.73 Å². The van der Waals surface area contributed by atoms with Crippen LogP contribution in [0.25, 0.3) is 0 Å². The van der Waals surface area contributed by atoms with E-state index in [-0.39, 0.29) is 12.2 Å². The molecule has 1 aromatic carbocycles. The molecule has 13 heavy (non-hydrogen) atoms. The van der Waals surface area contributed by atoms with Crippen molar-refractivity contribution in [2.45, 2.75) is 13.5 Å². The summed E-state index contributed by atoms with van der Waals surface area (Å²) in [5, 5.41) is 10.6. The number of halogens is 1. The fourth-order valence-corrected chi connectivity index (χ4v) is 1.84. The first-order chi connectivity index (χ1) is 6.06. The third kappa shape index (κ3) is 2.05. The van der Waals surface area contributed by atoms with Gasteiger partial charge in [0, 0.05) is 22.1 Å². The molecule has 0 unspecified atom stereocenters. The third-order valence-corrected chi connectivity index (χ3v) is 2.20. The first-order valence-electron chi connectivity index (χ1n) is 3.69. The molecule has 0 aliphatic rings. The molecule has 1 aromatic rings. The zero-order valence-electron chi connectivity index (χ0n) is 7.08. The van der Waals surface area contributed by atoms with Crippen molar-refractivity contribution in [2.75, 3.05) is 0 Å². The van der Waals surface area contributed by atoms with Crippen LogP contribution in [0, 0.1) is 17.0 Å². The standard InChI is InChI=1S/C8H9BrN2O2/c1-5-2-7(9)3-6(4-10)8(5)11(12)13/h2-3H,4,10H2,1H3. The largest absolute Gasteiger partial charge is 0.326 e. The van der Waals surface area contributed by atoms with Gasteiger partial charge in [-0.25, -0.2) is 0 Å². The Balaban J connectivity index is 3.38. The van der Waals surface area contributed by atoms with Gasteiger partial charge in [0.1, 0.15) is 0 Å². The predicted octanol–water partition coefficient (Wildman–Crippen LogP) is 2.12. The monoisotopic (exact) mass is 244 g/mol. The van der Waals surface area contributed by atoms with Crippen LogP contribution in [-0.2, 0) is 6.54 Å². The lowest BCUT2D eigenvalue weighted by atomic mass is 10.1. The number of benzene rings is 1. The molecule has 0 heterocycles. The first-order valence-corrected chi connectivity index (χ1v) is 4.49. The molecule has 0 saturated heterocycles. The second-order valence-electron chi connectivity index (χ2n) is 2.69. The summed E-state index contributed by atoms with van der Waals surface area (Å²) in [6.45, 7) is 1.87. The van der Waals surface area contributed by atoms with E-state index in [0.717, 1.165) is 4.47 Å². The van der Waals surface area contributed by atoms with Gasteiger partial charge < -0.3 is 5.73 Å². The lowest BCUT2D eigenvalue weighted by Crippen LogP contribution is -2.03. The molecule has 0 bridgehead atoms. The molecule has 0 spiro atoms. The van der Waals surface area contributed by atoms with Gasteiger partial charge in [-0.1, -0.05) is 15.9 Å². The topological polar surface area (TPSA) is 69.2 Å². The van der Waals surface area contributed by atoms with Crippen LogP contribution in [0.4, 0.5) is 5.69 Å². The second-order valence-corrected chi connectivity index (χ2v) is 3.61. The van der Waals surface area contributed by atoms with E-state index in [9.17, 15) is 10.1 Å². The molecule has 0 amide bonds. The summed E-state index contributed by atoms with van der Waals surface area (Å²) < 4.78 is 0.816. The van der Waals surface area contributed by atoms with Gasteiger partial charge in [-0.3, -0.25) is 10.1 Å². The lowest BCUT2D eigenvalue weighted by Gasteiger charge is -2.03. The minimum absolute atomic E-state index is 0.116. The zero-order chi connectivity index (χ0) is 10.0. The average Bonchev–Trinajstić information content (AvgIpc) is 2.01. The van der Waals surface area contributed by atoms with E-state index in [0.29, 0.717) is 11.1 Å². The normalized spacial score (nSPS) is 10.1. The van der Waals surface area contributed by atoms with Crippen LogP contribution in [0.5, 0.6) is 0 Å². The fraction of sp³-hybridized carbons (Fsp3) is 0.250. The molecule has 5 heteroatoms. The van der Waals surface area contributed by atoms with Gasteiger partial charge >= 0.3 is 0 Å². The summed E-state index contributed by atoms with van der Waals surface area (Å²) in [6, 6.07) is 3.38. The molecule has 0 aliphatic carbocycles. The van der Waals surface area contributed by atoms with Crippen molar-refractivity contribution in [1.82, 2.24) is 0 Å². The van der Waals surface area contributed by atoms with Crippen LogP contribution in [0.15, 0.2) is 16.6 Å². The molecular formula is C8H9BrN2O2. The second kappa shape index (κ2) is 3.85. The molecule has 0 aliphatic heterocycles. The Bertz CT molecular complexity index is 352. The predicted molar refractivity (Wildman–Crippen MR) is 53.4 cm³/mol. The Labute approximate surface area is 84.0 Å². The zero-order valence-corrected chi connectivity index (χ0v) is 8.67. The minimum Gasteiger partial charge on any atom is -0.326 e. The molecule has 4 nitrogen and oxygen atoms in total. The van der Waals surface area contributed by atoms with Crippen molar-refractivity contribution in [3.63, 3.8) is 0 Å². The van der Waals surface area contributed by atoms with E-state index < -0.39 is 4.92 Å². The number of nitro benzene ring substituents is 1. The molecule has 2 N–H and O–H groups in total. The van der Waals surface area contributed by atoms with Crippen LogP contribution >= 0.6 is 15.9 Å². The van der Waals surface area contributed by atoms with Crippen LogP contribution in [0.1, 0.15) is 11.1 Å². The van der Waals surface area contributed by atoms with Crippen molar-refractivity contribution >= 4 is 21.6 Å². The maximum Gasteiger partial charge on any atom is 0.276 e. The van der Waals surface area contributed by atoms with Gasteiger partial charge in [0.25, 0.3) is 5.69 Å². The van der Waals surface area contributed by atoms with E-state index in [2.05, 4.69) is 15.9 Å². The molecular weight excluding hydrogens is 236 g/mol. The highest BCUT2D eigenvalue weighted by molar-refractivity contribution is 9.10. The van der Waals surface area contributed by atoms with Gasteiger partial charge in [0.15, 0.2) is 0 Å². The van der Waals surface area contributed by atoms with Gasteiger partial charge in [0.2, 0.25) is 0 Å². The number of aryl methyl sites for hydroxylation is 1. The number of rotatable bonds is 2.